The van der Waals surface area contributed by atoms with Gasteiger partial charge in [0, 0.05) is 24.9 Å². The van der Waals surface area contributed by atoms with Gasteiger partial charge in [0.15, 0.2) is 5.78 Å². The summed E-state index contributed by atoms with van der Waals surface area (Å²) < 4.78 is 9.05. The van der Waals surface area contributed by atoms with Crippen molar-refractivity contribution in [2.75, 3.05) is 27.3 Å². The van der Waals surface area contributed by atoms with Crippen LogP contribution >= 0.6 is 0 Å². The van der Waals surface area contributed by atoms with Crippen molar-refractivity contribution in [3.63, 3.8) is 0 Å². The molecule has 0 aromatic heterocycles. The fourth-order valence-electron chi connectivity index (χ4n) is 1.93. The van der Waals surface area contributed by atoms with Crippen LogP contribution in [0.25, 0.3) is 0 Å². The van der Waals surface area contributed by atoms with Crippen LogP contribution in [0.2, 0.25) is 0 Å². The minimum absolute atomic E-state index is 0.0451. The lowest BCUT2D eigenvalue weighted by Crippen LogP contribution is -2.22. The number of ether oxygens (including phenoxy) is 2. The molecular weight excluding hydrogens is 250 g/mol. The Morgan fingerprint density at radius 1 is 1.00 bits per heavy atom. The Morgan fingerprint density at radius 2 is 1.53 bits per heavy atom. The minimum atomic E-state index is -0.583. The van der Waals surface area contributed by atoms with Crippen molar-refractivity contribution in [3.05, 3.63) is 11.8 Å². The molecule has 0 atom stereocenters. The number of esters is 2. The second-order valence-corrected chi connectivity index (χ2v) is 4.30. The third kappa shape index (κ3) is 5.11. The Kier molecular flexibility index (Phi) is 6.05. The highest BCUT2D eigenvalue weighted by atomic mass is 16.5. The van der Waals surface area contributed by atoms with Crippen molar-refractivity contribution >= 4 is 17.7 Å². The number of carbonyl (C=O) groups is 3. The molecule has 0 aromatic rings. The van der Waals surface area contributed by atoms with E-state index < -0.39 is 11.9 Å². The maximum Gasteiger partial charge on any atom is 0.313 e. The predicted molar refractivity (Wildman–Crippen MR) is 67.2 cm³/mol. The van der Waals surface area contributed by atoms with Crippen LogP contribution in [-0.2, 0) is 23.9 Å². The molecule has 0 aromatic carbocycles. The third-order valence-corrected chi connectivity index (χ3v) is 2.94. The number of nitrogens with zero attached hydrogens (tertiary/aromatic N) is 1. The Labute approximate surface area is 112 Å². The van der Waals surface area contributed by atoms with Gasteiger partial charge in [-0.25, -0.2) is 0 Å². The molecule has 6 nitrogen and oxygen atoms in total. The van der Waals surface area contributed by atoms with Crippen LogP contribution in [0.3, 0.4) is 0 Å². The lowest BCUT2D eigenvalue weighted by molar-refractivity contribution is -0.142. The third-order valence-electron chi connectivity index (χ3n) is 2.94. The number of hydrogen-bond acceptors (Lipinski definition) is 6. The van der Waals surface area contributed by atoms with E-state index in [1.54, 1.807) is 0 Å². The SMILES string of the molecule is COC(=O)CC(=O)C=C(CC(=O)OC)N1CCCC1. The van der Waals surface area contributed by atoms with Crippen molar-refractivity contribution in [3.8, 4) is 0 Å². The van der Waals surface area contributed by atoms with Crippen LogP contribution in [0.15, 0.2) is 11.8 Å². The first-order valence-corrected chi connectivity index (χ1v) is 6.18. The molecule has 1 rings (SSSR count). The summed E-state index contributed by atoms with van der Waals surface area (Å²) in [5, 5.41) is 0. The van der Waals surface area contributed by atoms with Gasteiger partial charge in [0.2, 0.25) is 0 Å². The van der Waals surface area contributed by atoms with Gasteiger partial charge in [-0.05, 0) is 12.8 Å². The van der Waals surface area contributed by atoms with Gasteiger partial charge in [0.25, 0.3) is 0 Å². The van der Waals surface area contributed by atoms with Gasteiger partial charge in [-0.15, -0.1) is 0 Å². The molecule has 0 radical (unpaired) electrons. The summed E-state index contributed by atoms with van der Waals surface area (Å²) in [7, 11) is 2.54. The molecule has 0 unspecified atom stereocenters. The summed E-state index contributed by atoms with van der Waals surface area (Å²) in [4.78, 5) is 36.0. The fourth-order valence-corrected chi connectivity index (χ4v) is 1.93. The van der Waals surface area contributed by atoms with Gasteiger partial charge >= 0.3 is 11.9 Å². The first kappa shape index (κ1) is 15.2. The minimum Gasteiger partial charge on any atom is -0.469 e. The monoisotopic (exact) mass is 269 g/mol. The van der Waals surface area contributed by atoms with Gasteiger partial charge < -0.3 is 14.4 Å². The number of ketones is 1. The van der Waals surface area contributed by atoms with Crippen molar-refractivity contribution in [1.29, 1.82) is 0 Å². The lowest BCUT2D eigenvalue weighted by Gasteiger charge is -2.20. The molecular formula is C13H19NO5. The van der Waals surface area contributed by atoms with E-state index in [4.69, 9.17) is 0 Å². The van der Waals surface area contributed by atoms with Gasteiger partial charge in [0.1, 0.15) is 6.42 Å². The van der Waals surface area contributed by atoms with Crippen LogP contribution in [0, 0.1) is 0 Å². The molecule has 0 aliphatic carbocycles. The number of rotatable bonds is 6. The lowest BCUT2D eigenvalue weighted by atomic mass is 10.2. The topological polar surface area (TPSA) is 72.9 Å². The van der Waals surface area contributed by atoms with Gasteiger partial charge in [-0.1, -0.05) is 0 Å². The highest BCUT2D eigenvalue weighted by molar-refractivity contribution is 6.02. The molecule has 0 bridgehead atoms. The van der Waals surface area contributed by atoms with Crippen molar-refractivity contribution in [2.24, 2.45) is 0 Å². The number of methoxy groups -OCH3 is 2. The van der Waals surface area contributed by atoms with Crippen molar-refractivity contribution in [1.82, 2.24) is 4.90 Å². The van der Waals surface area contributed by atoms with Crippen LogP contribution < -0.4 is 0 Å². The molecule has 0 amide bonds. The van der Waals surface area contributed by atoms with Gasteiger partial charge in [0.05, 0.1) is 20.6 Å². The van der Waals surface area contributed by atoms with E-state index in [0.717, 1.165) is 25.9 Å². The molecule has 106 valence electrons. The van der Waals surface area contributed by atoms with E-state index in [2.05, 4.69) is 9.47 Å². The second-order valence-electron chi connectivity index (χ2n) is 4.30. The molecule has 0 N–H and O–H groups in total. The number of likely N-dealkylation sites (tertiary alicyclic amines) is 1. The average molecular weight is 269 g/mol. The molecule has 1 aliphatic heterocycles. The Bertz CT molecular complexity index is 382. The smallest absolute Gasteiger partial charge is 0.313 e. The molecule has 1 saturated heterocycles. The molecule has 6 heteroatoms. The summed E-state index contributed by atoms with van der Waals surface area (Å²) in [5.74, 6) is -1.35. The summed E-state index contributed by atoms with van der Waals surface area (Å²) in [6, 6.07) is 0. The highest BCUT2D eigenvalue weighted by Gasteiger charge is 2.19. The molecule has 1 aliphatic rings. The Balaban J connectivity index is 2.73. The van der Waals surface area contributed by atoms with E-state index in [0.29, 0.717) is 5.70 Å². The summed E-state index contributed by atoms with van der Waals surface area (Å²) >= 11 is 0. The van der Waals surface area contributed by atoms with Gasteiger partial charge in [-0.2, -0.15) is 0 Å². The van der Waals surface area contributed by atoms with E-state index in [1.165, 1.54) is 20.3 Å². The van der Waals surface area contributed by atoms with E-state index in [-0.39, 0.29) is 18.6 Å². The molecule has 1 heterocycles. The van der Waals surface area contributed by atoms with Crippen LogP contribution in [-0.4, -0.2) is 49.9 Å². The second kappa shape index (κ2) is 7.56. The zero-order valence-corrected chi connectivity index (χ0v) is 11.3. The zero-order valence-electron chi connectivity index (χ0n) is 11.3. The van der Waals surface area contributed by atoms with Crippen LogP contribution in [0.4, 0.5) is 0 Å². The zero-order chi connectivity index (χ0) is 14.3. The van der Waals surface area contributed by atoms with Gasteiger partial charge in [-0.3, -0.25) is 14.4 Å². The normalized spacial score (nSPS) is 15.3. The molecule has 0 spiro atoms. The van der Waals surface area contributed by atoms with E-state index in [9.17, 15) is 14.4 Å². The summed E-state index contributed by atoms with van der Waals surface area (Å²) in [6.45, 7) is 1.63. The van der Waals surface area contributed by atoms with Crippen molar-refractivity contribution < 1.29 is 23.9 Å². The van der Waals surface area contributed by atoms with E-state index >= 15 is 0 Å². The Morgan fingerprint density at radius 3 is 2.05 bits per heavy atom. The van der Waals surface area contributed by atoms with E-state index in [1.807, 2.05) is 4.90 Å². The molecule has 19 heavy (non-hydrogen) atoms. The number of hydrogen-bond donors (Lipinski definition) is 0. The first-order chi connectivity index (χ1) is 9.06. The maximum atomic E-state index is 11.7. The number of allylic oxidation sites excluding steroid dienone is 1. The van der Waals surface area contributed by atoms with Crippen LogP contribution in [0.1, 0.15) is 25.7 Å². The molecule has 1 fully saturated rings. The first-order valence-electron chi connectivity index (χ1n) is 6.18. The quantitative estimate of drug-likeness (QED) is 0.401. The largest absolute Gasteiger partial charge is 0.469 e. The number of carbonyl (C=O) groups excluding carboxylic acids is 3. The van der Waals surface area contributed by atoms with Crippen molar-refractivity contribution in [2.45, 2.75) is 25.7 Å². The summed E-state index contributed by atoms with van der Waals surface area (Å²) in [6.07, 6.45) is 3.14. The molecule has 0 saturated carbocycles. The maximum absolute atomic E-state index is 11.7. The standard InChI is InChI=1S/C13H19NO5/c1-18-12(16)8-10(14-5-3-4-6-14)7-11(15)9-13(17)19-2/h7H,3-6,8-9H2,1-2H3. The predicted octanol–water partition coefficient (Wildman–Crippen LogP) is 0.661. The summed E-state index contributed by atoms with van der Waals surface area (Å²) in [5.41, 5.74) is 0.609. The fraction of sp³-hybridized carbons (Fsp3) is 0.615. The Hall–Kier alpha value is -1.85. The highest BCUT2D eigenvalue weighted by Crippen LogP contribution is 2.18. The average Bonchev–Trinajstić information content (AvgIpc) is 2.91. The van der Waals surface area contributed by atoms with Crippen LogP contribution in [0.5, 0.6) is 0 Å².